The minimum Gasteiger partial charge on any atom is -0.481 e. The van der Waals surface area contributed by atoms with E-state index in [0.717, 1.165) is 0 Å². The van der Waals surface area contributed by atoms with Crippen LogP contribution >= 0.6 is 11.6 Å². The van der Waals surface area contributed by atoms with Crippen LogP contribution in [-0.4, -0.2) is 24.2 Å². The maximum absolute atomic E-state index is 11.3. The lowest BCUT2D eigenvalue weighted by atomic mass is 10.1. The summed E-state index contributed by atoms with van der Waals surface area (Å²) < 4.78 is 4.51. The lowest BCUT2D eigenvalue weighted by molar-refractivity contribution is -0.141. The van der Waals surface area contributed by atoms with Gasteiger partial charge in [-0.2, -0.15) is 0 Å². The predicted molar refractivity (Wildman–Crippen MR) is 63.7 cm³/mol. The first-order valence-corrected chi connectivity index (χ1v) is 5.17. The SMILES string of the molecule is COC(=O)C(=Cc1cccc(Cl)c1)CC(=O)O. The van der Waals surface area contributed by atoms with Crippen LogP contribution in [0, 0.1) is 0 Å². The van der Waals surface area contributed by atoms with E-state index in [1.165, 1.54) is 13.2 Å². The van der Waals surface area contributed by atoms with Crippen molar-refractivity contribution in [2.24, 2.45) is 0 Å². The second-order valence-corrected chi connectivity index (χ2v) is 3.72. The maximum atomic E-state index is 11.3. The largest absolute Gasteiger partial charge is 0.481 e. The summed E-state index contributed by atoms with van der Waals surface area (Å²) >= 11 is 5.79. The van der Waals surface area contributed by atoms with Crippen molar-refractivity contribution in [3.8, 4) is 0 Å². The van der Waals surface area contributed by atoms with Crippen LogP contribution in [-0.2, 0) is 14.3 Å². The lowest BCUT2D eigenvalue weighted by Gasteiger charge is -2.03. The summed E-state index contributed by atoms with van der Waals surface area (Å²) in [7, 11) is 1.20. The van der Waals surface area contributed by atoms with E-state index in [2.05, 4.69) is 4.74 Å². The molecular formula is C12H11ClO4. The fourth-order valence-electron chi connectivity index (χ4n) is 1.27. The molecule has 17 heavy (non-hydrogen) atoms. The van der Waals surface area contributed by atoms with Crippen molar-refractivity contribution in [3.63, 3.8) is 0 Å². The van der Waals surface area contributed by atoms with E-state index in [0.29, 0.717) is 10.6 Å². The topological polar surface area (TPSA) is 63.6 Å². The van der Waals surface area contributed by atoms with Crippen LogP contribution in [0.15, 0.2) is 29.8 Å². The number of halogens is 1. The third-order valence-corrected chi connectivity index (χ3v) is 2.21. The molecule has 0 atom stereocenters. The van der Waals surface area contributed by atoms with Crippen LogP contribution in [0.4, 0.5) is 0 Å². The number of aliphatic carboxylic acids is 1. The molecule has 0 radical (unpaired) electrons. The first-order valence-electron chi connectivity index (χ1n) is 4.79. The molecule has 4 nitrogen and oxygen atoms in total. The Morgan fingerprint density at radius 3 is 2.71 bits per heavy atom. The number of methoxy groups -OCH3 is 1. The molecular weight excluding hydrogens is 244 g/mol. The second-order valence-electron chi connectivity index (χ2n) is 3.29. The second kappa shape index (κ2) is 6.06. The van der Waals surface area contributed by atoms with Crippen molar-refractivity contribution >= 4 is 29.6 Å². The summed E-state index contributed by atoms with van der Waals surface area (Å²) in [6.07, 6.45) is 1.06. The minimum absolute atomic E-state index is 0.0715. The lowest BCUT2D eigenvalue weighted by Crippen LogP contribution is -2.09. The number of carbonyl (C=O) groups is 2. The number of carboxylic acid groups (broad SMARTS) is 1. The van der Waals surface area contributed by atoms with Gasteiger partial charge in [-0.15, -0.1) is 0 Å². The highest BCUT2D eigenvalue weighted by atomic mass is 35.5. The summed E-state index contributed by atoms with van der Waals surface area (Å²) in [5.41, 5.74) is 0.724. The summed E-state index contributed by atoms with van der Waals surface area (Å²) in [5, 5.41) is 9.20. The molecule has 0 saturated carbocycles. The fraction of sp³-hybridized carbons (Fsp3) is 0.167. The molecule has 0 aliphatic heterocycles. The van der Waals surface area contributed by atoms with Crippen LogP contribution in [0.1, 0.15) is 12.0 Å². The van der Waals surface area contributed by atoms with Gasteiger partial charge in [-0.3, -0.25) is 4.79 Å². The highest BCUT2D eigenvalue weighted by Gasteiger charge is 2.13. The molecule has 1 N–H and O–H groups in total. The normalized spacial score (nSPS) is 11.1. The molecule has 0 heterocycles. The molecule has 0 saturated heterocycles. The first kappa shape index (κ1) is 13.3. The van der Waals surface area contributed by atoms with Crippen LogP contribution in [0.3, 0.4) is 0 Å². The number of hydrogen-bond acceptors (Lipinski definition) is 3. The van der Waals surface area contributed by atoms with Crippen molar-refractivity contribution < 1.29 is 19.4 Å². The van der Waals surface area contributed by atoms with Gasteiger partial charge in [-0.25, -0.2) is 4.79 Å². The summed E-state index contributed by atoms with van der Waals surface area (Å²) in [4.78, 5) is 22.0. The molecule has 0 aliphatic carbocycles. The predicted octanol–water partition coefficient (Wildman–Crippen LogP) is 2.37. The molecule has 0 unspecified atom stereocenters. The third-order valence-electron chi connectivity index (χ3n) is 1.98. The van der Waals surface area contributed by atoms with Crippen molar-refractivity contribution in [2.45, 2.75) is 6.42 Å². The highest BCUT2D eigenvalue weighted by Crippen LogP contribution is 2.16. The zero-order valence-corrected chi connectivity index (χ0v) is 9.90. The third kappa shape index (κ3) is 4.28. The van der Waals surface area contributed by atoms with E-state index >= 15 is 0 Å². The van der Waals surface area contributed by atoms with Crippen LogP contribution in [0.5, 0.6) is 0 Å². The van der Waals surface area contributed by atoms with E-state index < -0.39 is 11.9 Å². The molecule has 1 aromatic carbocycles. The Hall–Kier alpha value is -1.81. The van der Waals surface area contributed by atoms with Gasteiger partial charge in [0.2, 0.25) is 0 Å². The van der Waals surface area contributed by atoms with Gasteiger partial charge >= 0.3 is 11.9 Å². The quantitative estimate of drug-likeness (QED) is 0.662. The monoisotopic (exact) mass is 254 g/mol. The smallest absolute Gasteiger partial charge is 0.334 e. The molecule has 0 fully saturated rings. The van der Waals surface area contributed by atoms with Crippen LogP contribution in [0.2, 0.25) is 5.02 Å². The summed E-state index contributed by atoms with van der Waals surface area (Å²) in [6, 6.07) is 6.75. The number of carboxylic acids is 1. The Morgan fingerprint density at radius 2 is 2.18 bits per heavy atom. The molecule has 0 bridgehead atoms. The first-order chi connectivity index (χ1) is 8.02. The van der Waals surface area contributed by atoms with Crippen LogP contribution < -0.4 is 0 Å². The molecule has 1 aromatic rings. The van der Waals surface area contributed by atoms with E-state index in [4.69, 9.17) is 16.7 Å². The number of ether oxygens (including phenoxy) is 1. The van der Waals surface area contributed by atoms with Gasteiger partial charge in [0.05, 0.1) is 13.5 Å². The number of hydrogen-bond donors (Lipinski definition) is 1. The van der Waals surface area contributed by atoms with Gasteiger partial charge in [-0.1, -0.05) is 23.7 Å². The highest BCUT2D eigenvalue weighted by molar-refractivity contribution is 6.30. The van der Waals surface area contributed by atoms with Crippen LogP contribution in [0.25, 0.3) is 6.08 Å². The zero-order valence-electron chi connectivity index (χ0n) is 9.14. The number of benzene rings is 1. The number of rotatable bonds is 4. The molecule has 0 aromatic heterocycles. The van der Waals surface area contributed by atoms with E-state index in [1.807, 2.05) is 0 Å². The molecule has 90 valence electrons. The van der Waals surface area contributed by atoms with E-state index in [9.17, 15) is 9.59 Å². The average Bonchev–Trinajstić information content (AvgIpc) is 2.26. The summed E-state index contributed by atoms with van der Waals surface area (Å²) in [6.45, 7) is 0. The van der Waals surface area contributed by atoms with Gasteiger partial charge in [0, 0.05) is 10.6 Å². The molecule has 0 aliphatic rings. The van der Waals surface area contributed by atoms with Gasteiger partial charge < -0.3 is 9.84 Å². The minimum atomic E-state index is -1.09. The Bertz CT molecular complexity index is 465. The Labute approximate surface area is 103 Å². The van der Waals surface area contributed by atoms with E-state index in [-0.39, 0.29) is 12.0 Å². The van der Waals surface area contributed by atoms with Gasteiger partial charge in [0.25, 0.3) is 0 Å². The number of esters is 1. The van der Waals surface area contributed by atoms with Crippen molar-refractivity contribution in [1.29, 1.82) is 0 Å². The molecule has 0 amide bonds. The standard InChI is InChI=1S/C12H11ClO4/c1-17-12(16)9(7-11(14)15)5-8-3-2-4-10(13)6-8/h2-6H,7H2,1H3,(H,14,15). The zero-order chi connectivity index (χ0) is 12.8. The fourth-order valence-corrected chi connectivity index (χ4v) is 1.47. The average molecular weight is 255 g/mol. The van der Waals surface area contributed by atoms with Crippen molar-refractivity contribution in [2.75, 3.05) is 7.11 Å². The molecule has 0 spiro atoms. The summed E-state index contributed by atoms with van der Waals surface area (Å²) in [5.74, 6) is -1.75. The molecule has 5 heteroatoms. The number of carbonyl (C=O) groups excluding carboxylic acids is 1. The molecule has 1 rings (SSSR count). The van der Waals surface area contributed by atoms with Crippen molar-refractivity contribution in [3.05, 3.63) is 40.4 Å². The Balaban J connectivity index is 3.04. The maximum Gasteiger partial charge on any atom is 0.334 e. The van der Waals surface area contributed by atoms with Gasteiger partial charge in [-0.05, 0) is 23.8 Å². The van der Waals surface area contributed by atoms with Gasteiger partial charge in [0.1, 0.15) is 0 Å². The van der Waals surface area contributed by atoms with Gasteiger partial charge in [0.15, 0.2) is 0 Å². The van der Waals surface area contributed by atoms with Crippen molar-refractivity contribution in [1.82, 2.24) is 0 Å². The Morgan fingerprint density at radius 1 is 1.47 bits per heavy atom. The van der Waals surface area contributed by atoms with E-state index in [1.54, 1.807) is 24.3 Å². The Kier molecular flexibility index (Phi) is 4.72.